The minimum atomic E-state index is -0.229. The van der Waals surface area contributed by atoms with Crippen molar-refractivity contribution < 1.29 is 4.79 Å². The van der Waals surface area contributed by atoms with E-state index in [1.165, 1.54) is 7.85 Å². The van der Waals surface area contributed by atoms with E-state index < -0.39 is 0 Å². The Hall–Kier alpha value is -1.33. The van der Waals surface area contributed by atoms with Gasteiger partial charge in [0.2, 0.25) is 0 Å². The molecule has 92 valence electrons. The molecule has 0 aliphatic carbocycles. The molecule has 0 heterocycles. The third-order valence-corrected chi connectivity index (χ3v) is 3.73. The highest BCUT2D eigenvalue weighted by Crippen LogP contribution is 2.24. The van der Waals surface area contributed by atoms with E-state index in [0.717, 1.165) is 11.4 Å². The van der Waals surface area contributed by atoms with Crippen molar-refractivity contribution in [1.82, 2.24) is 0 Å². The number of rotatable bonds is 2. The molecule has 0 fully saturated rings. The maximum absolute atomic E-state index is 12.2. The van der Waals surface area contributed by atoms with E-state index in [1.807, 2.05) is 60.7 Å². The van der Waals surface area contributed by atoms with Gasteiger partial charge in [-0.05, 0) is 24.3 Å². The molecule has 0 unspecified atom stereocenters. The first kappa shape index (κ1) is 13.1. The van der Waals surface area contributed by atoms with Gasteiger partial charge in [0.1, 0.15) is 0 Å². The zero-order valence-electron chi connectivity index (χ0n) is 9.33. The van der Waals surface area contributed by atoms with E-state index in [2.05, 4.69) is 32.3 Å². The summed E-state index contributed by atoms with van der Waals surface area (Å²) in [5.41, 5.74) is 1.53. The van der Waals surface area contributed by atoms with Crippen LogP contribution in [0.4, 0.5) is 16.2 Å². The molecular weight excluding hydrogens is 360 g/mol. The number of nitrogens with zero attached hydrogens (tertiary/aromatic N) is 2. The van der Waals surface area contributed by atoms with Crippen LogP contribution in [0.15, 0.2) is 60.7 Å². The summed E-state index contributed by atoms with van der Waals surface area (Å²) in [6, 6.07) is 18.4. The highest BCUT2D eigenvalue weighted by Gasteiger charge is 2.19. The standard InChI is InChI=1S/C13H10Br2N2O/c14-16(11-7-3-1-4-8-11)13(18)17(15)12-9-5-2-6-10-12/h1-10H. The molecule has 0 aliphatic rings. The molecule has 0 saturated heterocycles. The van der Waals surface area contributed by atoms with Gasteiger partial charge in [-0.3, -0.25) is 0 Å². The molecule has 0 aromatic heterocycles. The molecule has 18 heavy (non-hydrogen) atoms. The Morgan fingerprint density at radius 1 is 0.722 bits per heavy atom. The van der Waals surface area contributed by atoms with Crippen LogP contribution >= 0.6 is 32.3 Å². The molecule has 0 bridgehead atoms. The van der Waals surface area contributed by atoms with Crippen molar-refractivity contribution in [3.63, 3.8) is 0 Å². The molecule has 2 amide bonds. The second kappa shape index (κ2) is 6.02. The molecule has 0 N–H and O–H groups in total. The van der Waals surface area contributed by atoms with Gasteiger partial charge < -0.3 is 0 Å². The number of benzene rings is 2. The molecule has 3 nitrogen and oxygen atoms in total. The fourth-order valence-corrected chi connectivity index (χ4v) is 2.42. The van der Waals surface area contributed by atoms with Crippen molar-refractivity contribution in [2.24, 2.45) is 0 Å². The molecule has 0 saturated carbocycles. The maximum Gasteiger partial charge on any atom is 0.349 e. The Bertz CT molecular complexity index is 472. The Balaban J connectivity index is 2.17. The average Bonchev–Trinajstić information content (AvgIpc) is 2.47. The summed E-state index contributed by atoms with van der Waals surface area (Å²) < 4.78 is 2.80. The molecule has 2 rings (SSSR count). The van der Waals surface area contributed by atoms with Gasteiger partial charge in [0.15, 0.2) is 0 Å². The normalized spacial score (nSPS) is 9.89. The Morgan fingerprint density at radius 3 is 1.39 bits per heavy atom. The van der Waals surface area contributed by atoms with Crippen molar-refractivity contribution in [3.05, 3.63) is 60.7 Å². The van der Waals surface area contributed by atoms with Crippen LogP contribution in [0.1, 0.15) is 0 Å². The second-order valence-corrected chi connectivity index (χ2v) is 4.93. The maximum atomic E-state index is 12.2. The predicted octanol–water partition coefficient (Wildman–Crippen LogP) is 4.74. The highest BCUT2D eigenvalue weighted by molar-refractivity contribution is 9.11. The van der Waals surface area contributed by atoms with E-state index in [9.17, 15) is 4.79 Å². The van der Waals surface area contributed by atoms with Gasteiger partial charge in [0.25, 0.3) is 0 Å². The lowest BCUT2D eigenvalue weighted by Crippen LogP contribution is -2.31. The molecule has 2 aromatic carbocycles. The number of carbonyl (C=O) groups excluding carboxylic acids is 1. The van der Waals surface area contributed by atoms with Gasteiger partial charge in [-0.15, -0.1) is 0 Å². The molecule has 0 aliphatic heterocycles. The van der Waals surface area contributed by atoms with Crippen LogP contribution in [0.3, 0.4) is 0 Å². The quantitative estimate of drug-likeness (QED) is 0.701. The van der Waals surface area contributed by atoms with E-state index in [0.29, 0.717) is 0 Å². The third kappa shape index (κ3) is 2.91. The van der Waals surface area contributed by atoms with Crippen LogP contribution in [0.5, 0.6) is 0 Å². The number of halogens is 2. The van der Waals surface area contributed by atoms with E-state index in [4.69, 9.17) is 0 Å². The van der Waals surface area contributed by atoms with Crippen molar-refractivity contribution >= 4 is 49.7 Å². The number of anilines is 2. The lowest BCUT2D eigenvalue weighted by molar-refractivity contribution is 0.258. The predicted molar refractivity (Wildman–Crippen MR) is 81.1 cm³/mol. The molecule has 0 spiro atoms. The molecule has 0 radical (unpaired) electrons. The summed E-state index contributed by atoms with van der Waals surface area (Å²) in [5.74, 6) is 0. The first-order valence-corrected chi connectivity index (χ1v) is 6.68. The summed E-state index contributed by atoms with van der Waals surface area (Å²) in [7, 11) is 0. The molecule has 2 aromatic rings. The van der Waals surface area contributed by atoms with Crippen LogP contribution in [-0.4, -0.2) is 6.03 Å². The summed E-state index contributed by atoms with van der Waals surface area (Å²) in [6.45, 7) is 0. The van der Waals surface area contributed by atoms with Gasteiger partial charge in [-0.1, -0.05) is 36.4 Å². The summed E-state index contributed by atoms with van der Waals surface area (Å²) in [5, 5.41) is 0. The zero-order valence-corrected chi connectivity index (χ0v) is 12.5. The van der Waals surface area contributed by atoms with Gasteiger partial charge in [-0.25, -0.2) is 12.6 Å². The molecular formula is C13H10Br2N2O. The Morgan fingerprint density at radius 2 is 1.06 bits per heavy atom. The molecule has 5 heteroatoms. The van der Waals surface area contributed by atoms with Crippen LogP contribution in [0, 0.1) is 0 Å². The van der Waals surface area contributed by atoms with E-state index >= 15 is 0 Å². The van der Waals surface area contributed by atoms with E-state index in [1.54, 1.807) is 0 Å². The van der Waals surface area contributed by atoms with Crippen LogP contribution < -0.4 is 7.85 Å². The van der Waals surface area contributed by atoms with Gasteiger partial charge in [0, 0.05) is 0 Å². The summed E-state index contributed by atoms with van der Waals surface area (Å²) in [4.78, 5) is 12.2. The Labute approximate surface area is 123 Å². The highest BCUT2D eigenvalue weighted by atomic mass is 79.9. The van der Waals surface area contributed by atoms with Crippen molar-refractivity contribution in [2.75, 3.05) is 7.85 Å². The minimum Gasteiger partial charge on any atom is -0.246 e. The molecule has 0 atom stereocenters. The lowest BCUT2D eigenvalue weighted by Gasteiger charge is -2.21. The summed E-state index contributed by atoms with van der Waals surface area (Å²) >= 11 is 6.52. The van der Waals surface area contributed by atoms with Crippen molar-refractivity contribution in [2.45, 2.75) is 0 Å². The Kier molecular flexibility index (Phi) is 4.38. The fourth-order valence-electron chi connectivity index (χ4n) is 1.42. The monoisotopic (exact) mass is 368 g/mol. The first-order chi connectivity index (χ1) is 8.70. The fraction of sp³-hybridized carbons (Fsp3) is 0. The third-order valence-electron chi connectivity index (χ3n) is 2.30. The number of amides is 2. The largest absolute Gasteiger partial charge is 0.349 e. The number of carbonyl (C=O) groups is 1. The topological polar surface area (TPSA) is 23.6 Å². The van der Waals surface area contributed by atoms with Crippen LogP contribution in [0.25, 0.3) is 0 Å². The van der Waals surface area contributed by atoms with E-state index in [-0.39, 0.29) is 6.03 Å². The number of para-hydroxylation sites is 2. The SMILES string of the molecule is O=C(N(Br)c1ccccc1)N(Br)c1ccccc1. The number of hydrogen-bond acceptors (Lipinski definition) is 1. The van der Waals surface area contributed by atoms with Crippen LogP contribution in [0.2, 0.25) is 0 Å². The smallest absolute Gasteiger partial charge is 0.246 e. The lowest BCUT2D eigenvalue weighted by atomic mass is 10.3. The average molecular weight is 370 g/mol. The first-order valence-electron chi connectivity index (χ1n) is 5.26. The minimum absolute atomic E-state index is 0.229. The number of hydrogen-bond donors (Lipinski definition) is 0. The zero-order chi connectivity index (χ0) is 13.0. The second-order valence-electron chi connectivity index (χ2n) is 3.52. The van der Waals surface area contributed by atoms with Gasteiger partial charge in [-0.2, -0.15) is 0 Å². The van der Waals surface area contributed by atoms with Gasteiger partial charge >= 0.3 is 6.03 Å². The van der Waals surface area contributed by atoms with Crippen molar-refractivity contribution in [1.29, 1.82) is 0 Å². The van der Waals surface area contributed by atoms with Crippen molar-refractivity contribution in [3.8, 4) is 0 Å². The summed E-state index contributed by atoms with van der Waals surface area (Å²) in [6.07, 6.45) is 0. The van der Waals surface area contributed by atoms with Gasteiger partial charge in [0.05, 0.1) is 43.7 Å². The number of urea groups is 1. The van der Waals surface area contributed by atoms with Crippen LogP contribution in [-0.2, 0) is 0 Å².